The smallest absolute Gasteiger partial charge is 0.238 e. The van der Waals surface area contributed by atoms with Crippen LogP contribution in [0.2, 0.25) is 0 Å². The van der Waals surface area contributed by atoms with Crippen molar-refractivity contribution >= 4 is 11.8 Å². The maximum absolute atomic E-state index is 12.6. The zero-order chi connectivity index (χ0) is 16.5. The molecule has 22 heavy (non-hydrogen) atoms. The maximum atomic E-state index is 12.6. The molecule has 2 fully saturated rings. The molecule has 1 saturated heterocycles. The van der Waals surface area contributed by atoms with E-state index in [0.717, 1.165) is 13.1 Å². The molecule has 6 heteroatoms. The lowest BCUT2D eigenvalue weighted by molar-refractivity contribution is -0.145. The Morgan fingerprint density at radius 3 is 2.14 bits per heavy atom. The first-order valence-corrected chi connectivity index (χ1v) is 8.13. The minimum absolute atomic E-state index is 0.0251. The van der Waals surface area contributed by atoms with E-state index in [9.17, 15) is 14.7 Å². The molecule has 0 aromatic rings. The van der Waals surface area contributed by atoms with E-state index in [-0.39, 0.29) is 23.3 Å². The van der Waals surface area contributed by atoms with Gasteiger partial charge in [-0.25, -0.2) is 0 Å². The van der Waals surface area contributed by atoms with E-state index in [1.807, 2.05) is 25.7 Å². The molecule has 1 aliphatic carbocycles. The van der Waals surface area contributed by atoms with E-state index >= 15 is 0 Å². The molecule has 1 aliphatic heterocycles. The van der Waals surface area contributed by atoms with Gasteiger partial charge in [0, 0.05) is 39.8 Å². The van der Waals surface area contributed by atoms with Crippen molar-refractivity contribution in [2.45, 2.75) is 39.7 Å². The molecule has 0 spiro atoms. The van der Waals surface area contributed by atoms with Gasteiger partial charge in [0.1, 0.15) is 5.41 Å². The lowest BCUT2D eigenvalue weighted by atomic mass is 9.89. The molecule has 2 amide bonds. The summed E-state index contributed by atoms with van der Waals surface area (Å²) in [6.07, 6.45) is 0.943. The molecule has 0 radical (unpaired) electrons. The van der Waals surface area contributed by atoms with Crippen molar-refractivity contribution in [2.75, 3.05) is 39.8 Å². The van der Waals surface area contributed by atoms with Crippen LogP contribution in [0.25, 0.3) is 0 Å². The first-order valence-electron chi connectivity index (χ1n) is 8.13. The molecule has 126 valence electrons. The van der Waals surface area contributed by atoms with Gasteiger partial charge in [-0.05, 0) is 18.3 Å². The van der Waals surface area contributed by atoms with Crippen molar-refractivity contribution in [1.82, 2.24) is 15.1 Å². The highest BCUT2D eigenvalue weighted by atomic mass is 16.3. The first-order chi connectivity index (χ1) is 10.2. The predicted octanol–water partition coefficient (Wildman–Crippen LogP) is 0.0638. The van der Waals surface area contributed by atoms with E-state index in [1.54, 1.807) is 7.05 Å². The first kappa shape index (κ1) is 17.2. The number of carbonyl (C=O) groups excluding carboxylic acids is 2. The van der Waals surface area contributed by atoms with Gasteiger partial charge in [-0.3, -0.25) is 14.5 Å². The average Bonchev–Trinajstić information content (AvgIpc) is 3.27. The Balaban J connectivity index is 1.85. The number of nitrogens with one attached hydrogen (secondary N) is 1. The van der Waals surface area contributed by atoms with Gasteiger partial charge in [0.2, 0.25) is 11.8 Å². The minimum Gasteiger partial charge on any atom is -0.391 e. The second kappa shape index (κ2) is 6.16. The fraction of sp³-hybridized carbons (Fsp3) is 0.875. The highest BCUT2D eigenvalue weighted by molar-refractivity contribution is 6.07. The van der Waals surface area contributed by atoms with Gasteiger partial charge in [0.15, 0.2) is 0 Å². The van der Waals surface area contributed by atoms with Crippen molar-refractivity contribution in [3.8, 4) is 0 Å². The number of piperazine rings is 1. The van der Waals surface area contributed by atoms with Gasteiger partial charge >= 0.3 is 0 Å². The molecule has 2 aliphatic rings. The highest BCUT2D eigenvalue weighted by Gasteiger charge is 2.57. The number of amides is 2. The molecule has 0 unspecified atom stereocenters. The molecule has 0 aromatic heterocycles. The Hall–Kier alpha value is -1.14. The van der Waals surface area contributed by atoms with E-state index < -0.39 is 5.41 Å². The van der Waals surface area contributed by atoms with Crippen molar-refractivity contribution in [1.29, 1.82) is 0 Å². The maximum Gasteiger partial charge on any atom is 0.238 e. The number of hydrogen-bond acceptors (Lipinski definition) is 4. The van der Waals surface area contributed by atoms with E-state index in [2.05, 4.69) is 10.2 Å². The highest BCUT2D eigenvalue weighted by Crippen LogP contribution is 2.47. The van der Waals surface area contributed by atoms with Gasteiger partial charge in [-0.2, -0.15) is 0 Å². The predicted molar refractivity (Wildman–Crippen MR) is 84.2 cm³/mol. The van der Waals surface area contributed by atoms with E-state index in [1.165, 1.54) is 0 Å². The third-order valence-electron chi connectivity index (χ3n) is 4.91. The Bertz CT molecular complexity index is 432. The Kier molecular flexibility index (Phi) is 4.82. The van der Waals surface area contributed by atoms with Crippen molar-refractivity contribution in [2.24, 2.45) is 10.8 Å². The second-order valence-electron chi connectivity index (χ2n) is 7.64. The SMILES string of the molecule is CNC(=O)C1(C(=O)N2CCN(C[C@H](O)C(C)(C)C)CC2)CC1. The molecule has 1 saturated carbocycles. The number of aliphatic hydroxyl groups is 1. The lowest BCUT2D eigenvalue weighted by Gasteiger charge is -2.38. The van der Waals surface area contributed by atoms with Crippen LogP contribution in [0, 0.1) is 10.8 Å². The van der Waals surface area contributed by atoms with Gasteiger partial charge < -0.3 is 15.3 Å². The number of carbonyl (C=O) groups is 2. The summed E-state index contributed by atoms with van der Waals surface area (Å²) < 4.78 is 0. The third-order valence-corrected chi connectivity index (χ3v) is 4.91. The molecule has 2 rings (SSSR count). The van der Waals surface area contributed by atoms with Crippen LogP contribution >= 0.6 is 0 Å². The zero-order valence-corrected chi connectivity index (χ0v) is 14.2. The summed E-state index contributed by atoms with van der Waals surface area (Å²) >= 11 is 0. The zero-order valence-electron chi connectivity index (χ0n) is 14.2. The Morgan fingerprint density at radius 1 is 1.18 bits per heavy atom. The molecular formula is C16H29N3O3. The molecule has 1 atom stereocenters. The Labute approximate surface area is 132 Å². The van der Waals surface area contributed by atoms with Crippen LogP contribution < -0.4 is 5.32 Å². The average molecular weight is 311 g/mol. The summed E-state index contributed by atoms with van der Waals surface area (Å²) in [6.45, 7) is 9.48. The summed E-state index contributed by atoms with van der Waals surface area (Å²) in [5.41, 5.74) is -0.925. The molecule has 6 nitrogen and oxygen atoms in total. The van der Waals surface area contributed by atoms with Crippen molar-refractivity contribution in [3.63, 3.8) is 0 Å². The summed E-state index contributed by atoms with van der Waals surface area (Å²) in [5.74, 6) is -0.175. The third kappa shape index (κ3) is 3.43. The summed E-state index contributed by atoms with van der Waals surface area (Å²) in [7, 11) is 1.58. The van der Waals surface area contributed by atoms with Gasteiger partial charge in [-0.15, -0.1) is 0 Å². The fourth-order valence-electron chi connectivity index (χ4n) is 2.86. The molecule has 1 heterocycles. The fourth-order valence-corrected chi connectivity index (χ4v) is 2.86. The summed E-state index contributed by atoms with van der Waals surface area (Å²) in [6, 6.07) is 0. The van der Waals surface area contributed by atoms with E-state index in [4.69, 9.17) is 0 Å². The summed E-state index contributed by atoms with van der Waals surface area (Å²) in [5, 5.41) is 12.8. The van der Waals surface area contributed by atoms with E-state index in [0.29, 0.717) is 32.5 Å². The minimum atomic E-state index is -0.790. The number of nitrogens with zero attached hydrogens (tertiary/aromatic N) is 2. The number of rotatable bonds is 4. The Morgan fingerprint density at radius 2 is 1.73 bits per heavy atom. The van der Waals surface area contributed by atoms with Crippen LogP contribution in [0.1, 0.15) is 33.6 Å². The molecular weight excluding hydrogens is 282 g/mol. The van der Waals surface area contributed by atoms with Crippen LogP contribution in [-0.2, 0) is 9.59 Å². The van der Waals surface area contributed by atoms with Crippen LogP contribution in [0.5, 0.6) is 0 Å². The quantitative estimate of drug-likeness (QED) is 0.720. The normalized spacial score (nSPS) is 23.0. The molecule has 0 bridgehead atoms. The van der Waals surface area contributed by atoms with Gasteiger partial charge in [0.05, 0.1) is 6.10 Å². The topological polar surface area (TPSA) is 72.9 Å². The van der Waals surface area contributed by atoms with Crippen LogP contribution in [0.15, 0.2) is 0 Å². The van der Waals surface area contributed by atoms with Crippen LogP contribution in [0.4, 0.5) is 0 Å². The lowest BCUT2D eigenvalue weighted by Crippen LogP contribution is -2.54. The molecule has 0 aromatic carbocycles. The number of β-amino-alcohol motifs (C(OH)–C–C–N with tert-alkyl or cyclic N) is 1. The van der Waals surface area contributed by atoms with Crippen LogP contribution in [-0.4, -0.2) is 72.6 Å². The second-order valence-corrected chi connectivity index (χ2v) is 7.64. The van der Waals surface area contributed by atoms with Gasteiger partial charge in [-0.1, -0.05) is 20.8 Å². The molecule has 2 N–H and O–H groups in total. The van der Waals surface area contributed by atoms with Crippen molar-refractivity contribution in [3.05, 3.63) is 0 Å². The summed E-state index contributed by atoms with van der Waals surface area (Å²) in [4.78, 5) is 28.5. The van der Waals surface area contributed by atoms with Crippen LogP contribution in [0.3, 0.4) is 0 Å². The monoisotopic (exact) mass is 311 g/mol. The number of hydrogen-bond donors (Lipinski definition) is 2. The van der Waals surface area contributed by atoms with Gasteiger partial charge in [0.25, 0.3) is 0 Å². The number of aliphatic hydroxyl groups excluding tert-OH is 1. The van der Waals surface area contributed by atoms with Crippen molar-refractivity contribution < 1.29 is 14.7 Å². The largest absolute Gasteiger partial charge is 0.391 e. The standard InChI is InChI=1S/C16H29N3O3/c1-15(2,3)12(20)11-18-7-9-19(10-8-18)14(22)16(5-6-16)13(21)17-4/h12,20H,5-11H2,1-4H3,(H,17,21)/t12-/m0/s1.